The number of hydrogen-bond donors (Lipinski definition) is 1. The van der Waals surface area contributed by atoms with Gasteiger partial charge in [-0.25, -0.2) is 0 Å². The predicted molar refractivity (Wildman–Crippen MR) is 84.8 cm³/mol. The Morgan fingerprint density at radius 1 is 1.10 bits per heavy atom. The fourth-order valence-corrected chi connectivity index (χ4v) is 3.25. The van der Waals surface area contributed by atoms with E-state index in [1.807, 2.05) is 0 Å². The first-order chi connectivity index (χ1) is 9.79. The lowest BCUT2D eigenvalue weighted by molar-refractivity contribution is 0.202. The van der Waals surface area contributed by atoms with E-state index in [1.165, 1.54) is 49.7 Å². The zero-order valence-electron chi connectivity index (χ0n) is 12.8. The maximum atomic E-state index is 6.40. The van der Waals surface area contributed by atoms with Gasteiger partial charge in [-0.3, -0.25) is 0 Å². The average Bonchev–Trinajstić information content (AvgIpc) is 2.74. The third-order valence-corrected chi connectivity index (χ3v) is 4.56. The van der Waals surface area contributed by atoms with E-state index in [-0.39, 0.29) is 6.04 Å². The Morgan fingerprint density at radius 2 is 1.75 bits per heavy atom. The Bertz CT molecular complexity index is 366. The molecule has 2 nitrogen and oxygen atoms in total. The summed E-state index contributed by atoms with van der Waals surface area (Å²) >= 11 is 0. The third kappa shape index (κ3) is 4.92. The van der Waals surface area contributed by atoms with Crippen LogP contribution in [0.15, 0.2) is 24.3 Å². The third-order valence-electron chi connectivity index (χ3n) is 4.56. The molecule has 0 heterocycles. The van der Waals surface area contributed by atoms with E-state index >= 15 is 0 Å². The molecule has 2 N–H and O–H groups in total. The number of benzene rings is 1. The van der Waals surface area contributed by atoms with Gasteiger partial charge in [0.25, 0.3) is 0 Å². The zero-order chi connectivity index (χ0) is 14.2. The van der Waals surface area contributed by atoms with Gasteiger partial charge >= 0.3 is 0 Å². The Morgan fingerprint density at radius 3 is 2.35 bits per heavy atom. The van der Waals surface area contributed by atoms with Gasteiger partial charge in [-0.15, -0.1) is 0 Å². The van der Waals surface area contributed by atoms with Crippen LogP contribution >= 0.6 is 0 Å². The van der Waals surface area contributed by atoms with Crippen molar-refractivity contribution in [1.82, 2.24) is 0 Å². The van der Waals surface area contributed by atoms with Crippen LogP contribution in [0, 0.1) is 5.92 Å². The van der Waals surface area contributed by atoms with Crippen LogP contribution in [0.4, 0.5) is 0 Å². The van der Waals surface area contributed by atoms with Gasteiger partial charge in [0.2, 0.25) is 0 Å². The highest BCUT2D eigenvalue weighted by molar-refractivity contribution is 5.25. The van der Waals surface area contributed by atoms with Gasteiger partial charge in [0.05, 0.1) is 6.61 Å². The van der Waals surface area contributed by atoms with Crippen LogP contribution in [0.3, 0.4) is 0 Å². The number of methoxy groups -OCH3 is 1. The van der Waals surface area contributed by atoms with E-state index in [4.69, 9.17) is 10.5 Å². The minimum absolute atomic E-state index is 0.203. The standard InChI is InChI=1S/C18H29NO/c1-20-13-12-15-8-10-17(11-9-15)18(19)14-16-6-4-2-3-5-7-16/h8-11,16,18H,2-7,12-14,19H2,1H3. The zero-order valence-corrected chi connectivity index (χ0v) is 12.8. The Balaban J connectivity index is 1.86. The number of nitrogens with two attached hydrogens (primary N) is 1. The monoisotopic (exact) mass is 275 g/mol. The molecule has 2 rings (SSSR count). The second kappa shape index (κ2) is 8.43. The molecule has 1 saturated carbocycles. The molecule has 1 fully saturated rings. The summed E-state index contributed by atoms with van der Waals surface area (Å²) in [6, 6.07) is 9.00. The summed E-state index contributed by atoms with van der Waals surface area (Å²) in [5.41, 5.74) is 9.02. The maximum Gasteiger partial charge on any atom is 0.0502 e. The van der Waals surface area contributed by atoms with E-state index in [2.05, 4.69) is 24.3 Å². The van der Waals surface area contributed by atoms with E-state index in [0.717, 1.165) is 25.4 Å². The van der Waals surface area contributed by atoms with Gasteiger partial charge in [0.1, 0.15) is 0 Å². The van der Waals surface area contributed by atoms with Crippen molar-refractivity contribution in [1.29, 1.82) is 0 Å². The van der Waals surface area contributed by atoms with Gasteiger partial charge in [-0.1, -0.05) is 62.8 Å². The molecule has 1 atom stereocenters. The first kappa shape index (κ1) is 15.5. The quantitative estimate of drug-likeness (QED) is 0.788. The van der Waals surface area contributed by atoms with E-state index in [1.54, 1.807) is 7.11 Å². The van der Waals surface area contributed by atoms with Crippen LogP contribution in [0.1, 0.15) is 62.1 Å². The summed E-state index contributed by atoms with van der Waals surface area (Å²) < 4.78 is 5.11. The summed E-state index contributed by atoms with van der Waals surface area (Å²) in [5.74, 6) is 0.834. The molecular formula is C18H29NO. The fourth-order valence-electron chi connectivity index (χ4n) is 3.25. The summed E-state index contributed by atoms with van der Waals surface area (Å²) in [7, 11) is 1.75. The number of rotatable bonds is 6. The molecule has 112 valence electrons. The van der Waals surface area contributed by atoms with Gasteiger partial charge in [0, 0.05) is 13.2 Å². The molecule has 0 radical (unpaired) electrons. The molecule has 0 aromatic heterocycles. The van der Waals surface area contributed by atoms with Crippen LogP contribution in [0.2, 0.25) is 0 Å². The summed E-state index contributed by atoms with van der Waals surface area (Å²) in [6.07, 6.45) is 10.5. The van der Waals surface area contributed by atoms with Crippen LogP contribution in [0.25, 0.3) is 0 Å². The van der Waals surface area contributed by atoms with E-state index < -0.39 is 0 Å². The van der Waals surface area contributed by atoms with Crippen molar-refractivity contribution in [2.45, 2.75) is 57.4 Å². The highest BCUT2D eigenvalue weighted by atomic mass is 16.5. The first-order valence-corrected chi connectivity index (χ1v) is 8.13. The van der Waals surface area contributed by atoms with E-state index in [9.17, 15) is 0 Å². The fraction of sp³-hybridized carbons (Fsp3) is 0.667. The summed E-state index contributed by atoms with van der Waals surface area (Å²) in [5, 5.41) is 0. The molecule has 0 spiro atoms. The molecule has 0 amide bonds. The van der Waals surface area contributed by atoms with E-state index in [0.29, 0.717) is 0 Å². The molecule has 20 heavy (non-hydrogen) atoms. The summed E-state index contributed by atoms with van der Waals surface area (Å²) in [4.78, 5) is 0. The highest BCUT2D eigenvalue weighted by Crippen LogP contribution is 2.30. The minimum atomic E-state index is 0.203. The van der Waals surface area contributed by atoms with Crippen molar-refractivity contribution >= 4 is 0 Å². The van der Waals surface area contributed by atoms with Crippen LogP contribution in [0.5, 0.6) is 0 Å². The maximum absolute atomic E-state index is 6.40. The van der Waals surface area contributed by atoms with Crippen LogP contribution < -0.4 is 5.73 Å². The lowest BCUT2D eigenvalue weighted by Gasteiger charge is -2.20. The summed E-state index contributed by atoms with van der Waals surface area (Å²) in [6.45, 7) is 0.785. The molecule has 1 aromatic carbocycles. The van der Waals surface area contributed by atoms with Crippen LogP contribution in [-0.4, -0.2) is 13.7 Å². The molecular weight excluding hydrogens is 246 g/mol. The molecule has 2 heteroatoms. The molecule has 1 unspecified atom stereocenters. The minimum Gasteiger partial charge on any atom is -0.384 e. The van der Waals surface area contributed by atoms with Gasteiger partial charge < -0.3 is 10.5 Å². The molecule has 1 aliphatic rings. The Labute approximate surface area is 123 Å². The number of hydrogen-bond acceptors (Lipinski definition) is 2. The molecule has 0 saturated heterocycles. The van der Waals surface area contributed by atoms with Gasteiger partial charge in [0.15, 0.2) is 0 Å². The normalized spacial score (nSPS) is 18.7. The lowest BCUT2D eigenvalue weighted by atomic mass is 9.89. The SMILES string of the molecule is COCCc1ccc(C(N)CC2CCCCCC2)cc1. The largest absolute Gasteiger partial charge is 0.384 e. The first-order valence-electron chi connectivity index (χ1n) is 8.13. The average molecular weight is 275 g/mol. The second-order valence-electron chi connectivity index (χ2n) is 6.18. The van der Waals surface area contributed by atoms with Crippen molar-refractivity contribution in [3.63, 3.8) is 0 Å². The molecule has 0 aliphatic heterocycles. The van der Waals surface area contributed by atoms with Crippen molar-refractivity contribution in [3.8, 4) is 0 Å². The van der Waals surface area contributed by atoms with Crippen LogP contribution in [-0.2, 0) is 11.2 Å². The Hall–Kier alpha value is -0.860. The second-order valence-corrected chi connectivity index (χ2v) is 6.18. The highest BCUT2D eigenvalue weighted by Gasteiger charge is 2.16. The topological polar surface area (TPSA) is 35.2 Å². The predicted octanol–water partition coefficient (Wildman–Crippen LogP) is 4.24. The smallest absolute Gasteiger partial charge is 0.0502 e. The Kier molecular flexibility index (Phi) is 6.55. The molecule has 1 aromatic rings. The van der Waals surface area contributed by atoms with Crippen molar-refractivity contribution < 1.29 is 4.74 Å². The van der Waals surface area contributed by atoms with Crippen molar-refractivity contribution in [3.05, 3.63) is 35.4 Å². The van der Waals surface area contributed by atoms with Gasteiger partial charge in [-0.05, 0) is 29.9 Å². The molecule has 0 bridgehead atoms. The van der Waals surface area contributed by atoms with Gasteiger partial charge in [-0.2, -0.15) is 0 Å². The van der Waals surface area contributed by atoms with Crippen molar-refractivity contribution in [2.24, 2.45) is 11.7 Å². The lowest BCUT2D eigenvalue weighted by Crippen LogP contribution is -2.15. The molecule has 1 aliphatic carbocycles. The number of ether oxygens (including phenoxy) is 1. The van der Waals surface area contributed by atoms with Crippen molar-refractivity contribution in [2.75, 3.05) is 13.7 Å².